The van der Waals surface area contributed by atoms with Crippen molar-refractivity contribution < 1.29 is 23.5 Å². The number of halogens is 1. The van der Waals surface area contributed by atoms with Crippen LogP contribution in [0.4, 0.5) is 9.18 Å². The van der Waals surface area contributed by atoms with Gasteiger partial charge in [0.2, 0.25) is 5.91 Å². The molecule has 1 fully saturated rings. The molecule has 0 unspecified atom stereocenters. The molecule has 9 heteroatoms. The number of carbonyl (C=O) groups is 3. The molecule has 188 valence electrons. The number of para-hydroxylation sites is 1. The van der Waals surface area contributed by atoms with Crippen LogP contribution in [0.1, 0.15) is 30.0 Å². The van der Waals surface area contributed by atoms with E-state index in [1.54, 1.807) is 25.3 Å². The number of carbonyl (C=O) groups excluding carboxylic acids is 3. The summed E-state index contributed by atoms with van der Waals surface area (Å²) in [6, 6.07) is 11.7. The Balaban J connectivity index is 1.60. The van der Waals surface area contributed by atoms with Gasteiger partial charge in [-0.1, -0.05) is 37.3 Å². The Hall–Kier alpha value is -3.43. The Morgan fingerprint density at radius 1 is 1.17 bits per heavy atom. The van der Waals surface area contributed by atoms with Crippen molar-refractivity contribution in [3.63, 3.8) is 0 Å². The van der Waals surface area contributed by atoms with Crippen LogP contribution in [0.25, 0.3) is 17.0 Å². The Morgan fingerprint density at radius 3 is 2.67 bits per heavy atom. The number of hydrogen-bond donors (Lipinski definition) is 1. The third kappa shape index (κ3) is 5.68. The maximum Gasteiger partial charge on any atom is 0.293 e. The summed E-state index contributed by atoms with van der Waals surface area (Å²) >= 11 is 0.880. The average Bonchev–Trinajstić information content (AvgIpc) is 3.34. The maximum absolute atomic E-state index is 13.2. The van der Waals surface area contributed by atoms with Gasteiger partial charge in [-0.3, -0.25) is 19.3 Å². The summed E-state index contributed by atoms with van der Waals surface area (Å²) in [7, 11) is 1.62. The minimum Gasteiger partial charge on any atom is -0.385 e. The minimum atomic E-state index is -0.391. The highest BCUT2D eigenvalue weighted by molar-refractivity contribution is 8.18. The largest absolute Gasteiger partial charge is 0.385 e. The highest BCUT2D eigenvalue weighted by atomic mass is 32.2. The molecule has 0 bridgehead atoms. The van der Waals surface area contributed by atoms with E-state index in [-0.39, 0.29) is 30.1 Å². The second-order valence-corrected chi connectivity index (χ2v) is 9.46. The van der Waals surface area contributed by atoms with Crippen molar-refractivity contribution in [1.29, 1.82) is 0 Å². The molecule has 1 aromatic heterocycles. The van der Waals surface area contributed by atoms with Crippen molar-refractivity contribution in [2.75, 3.05) is 20.3 Å². The molecule has 4 rings (SSSR count). The molecular formula is C27H28FN3O4S. The Bertz CT molecular complexity index is 1320. The van der Waals surface area contributed by atoms with Gasteiger partial charge in [0, 0.05) is 37.4 Å². The number of thioether (sulfide) groups is 1. The number of fused-ring (bicyclic) bond motifs is 1. The highest BCUT2D eigenvalue weighted by Crippen LogP contribution is 2.35. The van der Waals surface area contributed by atoms with Crippen molar-refractivity contribution in [1.82, 2.24) is 14.8 Å². The van der Waals surface area contributed by atoms with E-state index >= 15 is 0 Å². The number of nitrogens with one attached hydrogen (secondary N) is 1. The van der Waals surface area contributed by atoms with E-state index in [2.05, 4.69) is 12.2 Å². The zero-order valence-corrected chi connectivity index (χ0v) is 21.1. The van der Waals surface area contributed by atoms with E-state index < -0.39 is 5.91 Å². The van der Waals surface area contributed by atoms with Gasteiger partial charge in [-0.15, -0.1) is 0 Å². The number of hydrogen-bond acceptors (Lipinski definition) is 5. The maximum atomic E-state index is 13.2. The van der Waals surface area contributed by atoms with Gasteiger partial charge in [-0.05, 0) is 53.9 Å². The number of methoxy groups -OCH3 is 1. The van der Waals surface area contributed by atoms with Crippen molar-refractivity contribution in [3.05, 3.63) is 76.1 Å². The van der Waals surface area contributed by atoms with Crippen LogP contribution in [-0.4, -0.2) is 46.8 Å². The minimum absolute atomic E-state index is 0.0767. The molecule has 0 atom stereocenters. The molecule has 1 saturated heterocycles. The monoisotopic (exact) mass is 509 g/mol. The van der Waals surface area contributed by atoms with E-state index in [1.807, 2.05) is 29.0 Å². The molecule has 0 radical (unpaired) electrons. The standard InChI is InChI=1S/C27H28FN3O4S/c1-3-19-6-4-7-22-20(16-30(25(19)22)17-24(32)29-12-5-13-35-2)14-23-26(33)31(27(34)36-23)15-18-8-10-21(28)11-9-18/h4,6-11,14,16H,3,5,12-13,15,17H2,1-2H3,(H,29,32)/b23-14-. The lowest BCUT2D eigenvalue weighted by Gasteiger charge is -2.12. The third-order valence-corrected chi connectivity index (χ3v) is 6.88. The first kappa shape index (κ1) is 25.7. The molecule has 36 heavy (non-hydrogen) atoms. The topological polar surface area (TPSA) is 80.6 Å². The smallest absolute Gasteiger partial charge is 0.293 e. The molecular weight excluding hydrogens is 481 g/mol. The number of benzene rings is 2. The Morgan fingerprint density at radius 2 is 1.94 bits per heavy atom. The fourth-order valence-corrected chi connectivity index (χ4v) is 5.02. The van der Waals surface area contributed by atoms with Gasteiger partial charge in [0.1, 0.15) is 12.4 Å². The van der Waals surface area contributed by atoms with Crippen LogP contribution < -0.4 is 5.32 Å². The van der Waals surface area contributed by atoms with Gasteiger partial charge >= 0.3 is 0 Å². The zero-order valence-electron chi connectivity index (χ0n) is 20.3. The summed E-state index contributed by atoms with van der Waals surface area (Å²) in [5.41, 5.74) is 3.45. The van der Waals surface area contributed by atoms with Crippen LogP contribution in [0.2, 0.25) is 0 Å². The van der Waals surface area contributed by atoms with Crippen LogP contribution in [0, 0.1) is 5.82 Å². The first-order valence-electron chi connectivity index (χ1n) is 11.8. The first-order chi connectivity index (χ1) is 17.4. The Kier molecular flexibility index (Phi) is 8.22. The van der Waals surface area contributed by atoms with E-state index in [9.17, 15) is 18.8 Å². The lowest BCUT2D eigenvalue weighted by atomic mass is 10.1. The van der Waals surface area contributed by atoms with Crippen molar-refractivity contribution in [2.24, 2.45) is 0 Å². The van der Waals surface area contributed by atoms with Crippen LogP contribution in [0.3, 0.4) is 0 Å². The molecule has 0 saturated carbocycles. The predicted octanol–water partition coefficient (Wildman–Crippen LogP) is 4.73. The summed E-state index contributed by atoms with van der Waals surface area (Å²) in [5, 5.41) is 3.45. The number of nitrogens with zero attached hydrogens (tertiary/aromatic N) is 2. The van der Waals surface area contributed by atoms with Gasteiger partial charge in [-0.25, -0.2) is 4.39 Å². The van der Waals surface area contributed by atoms with Gasteiger partial charge < -0.3 is 14.6 Å². The van der Waals surface area contributed by atoms with Crippen molar-refractivity contribution in [2.45, 2.75) is 32.9 Å². The average molecular weight is 510 g/mol. The normalized spacial score (nSPS) is 14.9. The summed E-state index contributed by atoms with van der Waals surface area (Å²) in [5.74, 6) is -0.878. The third-order valence-electron chi connectivity index (χ3n) is 5.97. The van der Waals surface area contributed by atoms with E-state index in [0.29, 0.717) is 23.6 Å². The molecule has 1 aliphatic rings. The summed E-state index contributed by atoms with van der Waals surface area (Å²) < 4.78 is 20.1. The first-order valence-corrected chi connectivity index (χ1v) is 12.6. The highest BCUT2D eigenvalue weighted by Gasteiger charge is 2.35. The van der Waals surface area contributed by atoms with E-state index in [1.165, 1.54) is 12.1 Å². The van der Waals surface area contributed by atoms with Gasteiger partial charge in [0.15, 0.2) is 0 Å². The molecule has 1 aliphatic heterocycles. The Labute approximate surface area is 213 Å². The number of imide groups is 1. The van der Waals surface area contributed by atoms with Crippen molar-refractivity contribution >= 4 is 45.8 Å². The van der Waals surface area contributed by atoms with E-state index in [4.69, 9.17) is 4.74 Å². The molecule has 1 N–H and O–H groups in total. The number of amides is 3. The lowest BCUT2D eigenvalue weighted by molar-refractivity contribution is -0.123. The number of rotatable bonds is 10. The second kappa shape index (κ2) is 11.5. The molecule has 3 amide bonds. The zero-order chi connectivity index (χ0) is 25.7. The van der Waals surface area contributed by atoms with Gasteiger partial charge in [-0.2, -0.15) is 0 Å². The van der Waals surface area contributed by atoms with Crippen LogP contribution in [0.5, 0.6) is 0 Å². The predicted molar refractivity (Wildman–Crippen MR) is 139 cm³/mol. The number of ether oxygens (including phenoxy) is 1. The number of aromatic nitrogens is 1. The van der Waals surface area contributed by atoms with Crippen LogP contribution in [0.15, 0.2) is 53.6 Å². The summed E-state index contributed by atoms with van der Waals surface area (Å²) in [6.07, 6.45) is 5.08. The molecule has 3 aromatic rings. The van der Waals surface area contributed by atoms with E-state index in [0.717, 1.165) is 51.5 Å². The molecule has 2 heterocycles. The number of aryl methyl sites for hydroxylation is 1. The SMILES string of the molecule is CCc1cccc2c(/C=C3\SC(=O)N(Cc4ccc(F)cc4)C3=O)cn(CC(=O)NCCCOC)c12. The molecule has 2 aromatic carbocycles. The lowest BCUT2D eigenvalue weighted by Crippen LogP contribution is -2.28. The summed E-state index contributed by atoms with van der Waals surface area (Å²) in [4.78, 5) is 39.7. The van der Waals surface area contributed by atoms with Crippen molar-refractivity contribution in [3.8, 4) is 0 Å². The fraction of sp³-hybridized carbons (Fsp3) is 0.296. The van der Waals surface area contributed by atoms with Crippen LogP contribution in [-0.2, 0) is 33.8 Å². The molecule has 0 spiro atoms. The molecule has 7 nitrogen and oxygen atoms in total. The molecule has 0 aliphatic carbocycles. The second-order valence-electron chi connectivity index (χ2n) is 8.47. The van der Waals surface area contributed by atoms with Crippen LogP contribution >= 0.6 is 11.8 Å². The fourth-order valence-electron chi connectivity index (χ4n) is 4.20. The quantitative estimate of drug-likeness (QED) is 0.316. The summed E-state index contributed by atoms with van der Waals surface area (Å²) in [6.45, 7) is 3.37. The van der Waals surface area contributed by atoms with Gasteiger partial charge in [0.05, 0.1) is 17.0 Å². The van der Waals surface area contributed by atoms with Gasteiger partial charge in [0.25, 0.3) is 11.1 Å².